The second-order valence-corrected chi connectivity index (χ2v) is 6.56. The van der Waals surface area contributed by atoms with Crippen molar-refractivity contribution in [1.29, 1.82) is 0 Å². The predicted molar refractivity (Wildman–Crippen MR) is 93.0 cm³/mol. The summed E-state index contributed by atoms with van der Waals surface area (Å²) in [5.41, 5.74) is 2.22. The maximum absolute atomic E-state index is 9.86. The molecule has 0 aliphatic carbocycles. The third-order valence-electron chi connectivity index (χ3n) is 4.40. The van der Waals surface area contributed by atoms with Crippen LogP contribution < -0.4 is 10.1 Å². The summed E-state index contributed by atoms with van der Waals surface area (Å²) >= 11 is 0. The zero-order valence-corrected chi connectivity index (χ0v) is 14.9. The van der Waals surface area contributed by atoms with E-state index in [1.54, 1.807) is 7.11 Å². The molecule has 1 heterocycles. The molecule has 1 aromatic carbocycles. The van der Waals surface area contributed by atoms with Crippen LogP contribution in [0.4, 0.5) is 0 Å². The van der Waals surface area contributed by atoms with Gasteiger partial charge in [-0.15, -0.1) is 12.4 Å². The summed E-state index contributed by atoms with van der Waals surface area (Å²) in [5, 5.41) is 13.3. The zero-order valence-electron chi connectivity index (χ0n) is 14.1. The van der Waals surface area contributed by atoms with Gasteiger partial charge in [-0.25, -0.2) is 0 Å². The lowest BCUT2D eigenvalue weighted by Gasteiger charge is -2.43. The van der Waals surface area contributed by atoms with Crippen molar-refractivity contribution in [2.45, 2.75) is 26.8 Å². The van der Waals surface area contributed by atoms with Gasteiger partial charge in [0.15, 0.2) is 0 Å². The highest BCUT2D eigenvalue weighted by atomic mass is 35.5. The van der Waals surface area contributed by atoms with Gasteiger partial charge in [0, 0.05) is 44.2 Å². The Morgan fingerprint density at radius 2 is 1.95 bits per heavy atom. The molecule has 1 atom stereocenters. The summed E-state index contributed by atoms with van der Waals surface area (Å²) < 4.78 is 5.36. The molecule has 0 bridgehead atoms. The molecule has 0 radical (unpaired) electrons. The predicted octanol–water partition coefficient (Wildman–Crippen LogP) is 2.39. The molecule has 1 aliphatic heterocycles. The zero-order chi connectivity index (χ0) is 15.5. The molecule has 1 fully saturated rings. The molecule has 1 aromatic rings. The van der Waals surface area contributed by atoms with Gasteiger partial charge in [0.1, 0.15) is 5.75 Å². The van der Waals surface area contributed by atoms with E-state index in [9.17, 15) is 5.11 Å². The Balaban J connectivity index is 0.00000242. The van der Waals surface area contributed by atoms with Crippen molar-refractivity contribution < 1.29 is 9.84 Å². The topological polar surface area (TPSA) is 44.7 Å². The smallest absolute Gasteiger partial charge is 0.121 e. The number of benzene rings is 1. The molecule has 0 unspecified atom stereocenters. The number of nitrogens with one attached hydrogen (secondary N) is 1. The van der Waals surface area contributed by atoms with Gasteiger partial charge in [0.25, 0.3) is 0 Å². The third-order valence-corrected chi connectivity index (χ3v) is 4.40. The van der Waals surface area contributed by atoms with Crippen LogP contribution in [0.15, 0.2) is 18.2 Å². The van der Waals surface area contributed by atoms with Crippen LogP contribution in [0.2, 0.25) is 0 Å². The highest BCUT2D eigenvalue weighted by molar-refractivity contribution is 5.85. The number of aryl methyl sites for hydroxylation is 1. The van der Waals surface area contributed by atoms with E-state index >= 15 is 0 Å². The number of piperazine rings is 1. The number of halogens is 1. The van der Waals surface area contributed by atoms with E-state index in [-0.39, 0.29) is 30.5 Å². The number of ether oxygens (including phenoxy) is 1. The number of aliphatic hydroxyl groups is 1. The second-order valence-electron chi connectivity index (χ2n) is 6.56. The molecule has 0 amide bonds. The van der Waals surface area contributed by atoms with Crippen LogP contribution in [0.5, 0.6) is 5.75 Å². The number of hydrogen-bond donors (Lipinski definition) is 2. The van der Waals surface area contributed by atoms with E-state index in [4.69, 9.17) is 4.74 Å². The van der Waals surface area contributed by atoms with Crippen LogP contribution in [0.25, 0.3) is 0 Å². The SMILES string of the molecule is COc1ccc([C@H](N2CCNCC2)C(C)(C)CO)cc1C.Cl. The summed E-state index contributed by atoms with van der Waals surface area (Å²) in [4.78, 5) is 2.48. The fourth-order valence-corrected chi connectivity index (χ4v) is 3.25. The minimum absolute atomic E-state index is 0. The fraction of sp³-hybridized carbons (Fsp3) is 0.647. The molecule has 0 saturated carbocycles. The monoisotopic (exact) mass is 328 g/mol. The van der Waals surface area contributed by atoms with E-state index in [1.165, 1.54) is 5.56 Å². The maximum Gasteiger partial charge on any atom is 0.121 e. The highest BCUT2D eigenvalue weighted by Gasteiger charge is 2.35. The number of aliphatic hydroxyl groups excluding tert-OH is 1. The molecule has 2 N–H and O–H groups in total. The first-order chi connectivity index (χ1) is 9.99. The molecule has 22 heavy (non-hydrogen) atoms. The average Bonchev–Trinajstić information content (AvgIpc) is 2.48. The highest BCUT2D eigenvalue weighted by Crippen LogP contribution is 2.39. The van der Waals surface area contributed by atoms with Crippen LogP contribution in [0.1, 0.15) is 31.0 Å². The molecular weight excluding hydrogens is 300 g/mol. The van der Waals surface area contributed by atoms with Crippen LogP contribution in [-0.2, 0) is 0 Å². The van der Waals surface area contributed by atoms with Crippen molar-refractivity contribution in [2.24, 2.45) is 5.41 Å². The Labute approximate surface area is 140 Å². The van der Waals surface area contributed by atoms with Crippen molar-refractivity contribution in [2.75, 3.05) is 39.9 Å². The van der Waals surface area contributed by atoms with E-state index in [0.29, 0.717) is 0 Å². The van der Waals surface area contributed by atoms with Crippen molar-refractivity contribution in [3.63, 3.8) is 0 Å². The number of methoxy groups -OCH3 is 1. The fourth-order valence-electron chi connectivity index (χ4n) is 3.25. The van der Waals surface area contributed by atoms with Gasteiger partial charge in [0.2, 0.25) is 0 Å². The van der Waals surface area contributed by atoms with Crippen LogP contribution in [0, 0.1) is 12.3 Å². The van der Waals surface area contributed by atoms with Crippen molar-refractivity contribution in [3.05, 3.63) is 29.3 Å². The first-order valence-corrected chi connectivity index (χ1v) is 7.70. The largest absolute Gasteiger partial charge is 0.496 e. The van der Waals surface area contributed by atoms with Gasteiger partial charge in [-0.3, -0.25) is 4.90 Å². The van der Waals surface area contributed by atoms with E-state index in [1.807, 2.05) is 6.07 Å². The molecule has 1 saturated heterocycles. The van der Waals surface area contributed by atoms with E-state index < -0.39 is 0 Å². The molecule has 5 heteroatoms. The molecule has 4 nitrogen and oxygen atoms in total. The Bertz CT molecular complexity index is 474. The molecule has 1 aliphatic rings. The number of hydrogen-bond acceptors (Lipinski definition) is 4. The summed E-state index contributed by atoms with van der Waals surface area (Å²) in [6.07, 6.45) is 0. The Hall–Kier alpha value is -0.810. The van der Waals surface area contributed by atoms with Gasteiger partial charge in [0.05, 0.1) is 7.11 Å². The first kappa shape index (κ1) is 19.2. The number of nitrogens with zero attached hydrogens (tertiary/aromatic N) is 1. The minimum Gasteiger partial charge on any atom is -0.496 e. The summed E-state index contributed by atoms with van der Waals surface area (Å²) in [5.74, 6) is 0.916. The molecule has 2 rings (SSSR count). The first-order valence-electron chi connectivity index (χ1n) is 7.70. The lowest BCUT2D eigenvalue weighted by atomic mass is 9.79. The Morgan fingerprint density at radius 1 is 1.32 bits per heavy atom. The maximum atomic E-state index is 9.86. The quantitative estimate of drug-likeness (QED) is 0.871. The average molecular weight is 329 g/mol. The van der Waals surface area contributed by atoms with Crippen molar-refractivity contribution >= 4 is 12.4 Å². The molecular formula is C17H29ClN2O2. The van der Waals surface area contributed by atoms with Gasteiger partial charge >= 0.3 is 0 Å². The lowest BCUT2D eigenvalue weighted by molar-refractivity contribution is 0.0305. The van der Waals surface area contributed by atoms with E-state index in [0.717, 1.165) is 37.5 Å². The normalized spacial score (nSPS) is 17.7. The molecule has 0 spiro atoms. The van der Waals surface area contributed by atoms with Crippen LogP contribution in [-0.4, -0.2) is 49.9 Å². The second kappa shape index (κ2) is 8.16. The van der Waals surface area contributed by atoms with E-state index in [2.05, 4.69) is 43.1 Å². The van der Waals surface area contributed by atoms with Gasteiger partial charge in [-0.1, -0.05) is 26.0 Å². The standard InChI is InChI=1S/C17H28N2O2.ClH/c1-13-11-14(5-6-15(13)21-4)16(17(2,3)12-20)19-9-7-18-8-10-19;/h5-6,11,16,18,20H,7-10,12H2,1-4H3;1H/t16-;/m0./s1. The molecule has 0 aromatic heterocycles. The minimum atomic E-state index is -0.182. The third kappa shape index (κ3) is 4.13. The number of rotatable bonds is 5. The molecule has 126 valence electrons. The lowest BCUT2D eigenvalue weighted by Crippen LogP contribution is -2.49. The summed E-state index contributed by atoms with van der Waals surface area (Å²) in [6, 6.07) is 6.58. The van der Waals surface area contributed by atoms with Gasteiger partial charge in [-0.05, 0) is 24.1 Å². The van der Waals surface area contributed by atoms with Crippen LogP contribution >= 0.6 is 12.4 Å². The Morgan fingerprint density at radius 3 is 2.45 bits per heavy atom. The Kier molecular flexibility index (Phi) is 7.13. The van der Waals surface area contributed by atoms with Gasteiger partial charge < -0.3 is 15.2 Å². The van der Waals surface area contributed by atoms with Crippen molar-refractivity contribution in [1.82, 2.24) is 10.2 Å². The summed E-state index contributed by atoms with van der Waals surface area (Å²) in [6.45, 7) is 10.6. The van der Waals surface area contributed by atoms with Gasteiger partial charge in [-0.2, -0.15) is 0 Å². The van der Waals surface area contributed by atoms with Crippen LogP contribution in [0.3, 0.4) is 0 Å². The summed E-state index contributed by atoms with van der Waals surface area (Å²) in [7, 11) is 1.70. The van der Waals surface area contributed by atoms with Crippen molar-refractivity contribution in [3.8, 4) is 5.75 Å².